The van der Waals surface area contributed by atoms with Gasteiger partial charge in [0, 0.05) is 31.4 Å². The lowest BCUT2D eigenvalue weighted by Gasteiger charge is -2.18. The number of rotatable bonds is 6. The van der Waals surface area contributed by atoms with Crippen LogP contribution < -0.4 is 14.3 Å². The van der Waals surface area contributed by atoms with Gasteiger partial charge in [-0.05, 0) is 23.1 Å². The van der Waals surface area contributed by atoms with E-state index in [0.717, 1.165) is 10.2 Å². The quantitative estimate of drug-likeness (QED) is 0.584. The van der Waals surface area contributed by atoms with Crippen LogP contribution >= 0.6 is 11.3 Å². The van der Waals surface area contributed by atoms with Gasteiger partial charge in [-0.15, -0.1) is 0 Å². The number of fused-ring (bicyclic) bond motifs is 1. The lowest BCUT2D eigenvalue weighted by Crippen LogP contribution is -2.19. The van der Waals surface area contributed by atoms with Crippen molar-refractivity contribution in [3.05, 3.63) is 52.3 Å². The topological polar surface area (TPSA) is 62.1 Å². The largest absolute Gasteiger partial charge is 0.493 e. The summed E-state index contributed by atoms with van der Waals surface area (Å²) in [5.41, 5.74) is 2.69. The van der Waals surface area contributed by atoms with E-state index in [0.29, 0.717) is 35.0 Å². The molecule has 3 aromatic rings. The monoisotopic (exact) mass is 428 g/mol. The molecule has 0 unspecified atom stereocenters. The first-order valence-electron chi connectivity index (χ1n) is 9.72. The molecule has 3 rings (SSSR count). The van der Waals surface area contributed by atoms with E-state index in [1.165, 1.54) is 16.9 Å². The third-order valence-electron chi connectivity index (χ3n) is 4.90. The van der Waals surface area contributed by atoms with E-state index in [-0.39, 0.29) is 11.3 Å². The molecular formula is C23H28N2O4S. The van der Waals surface area contributed by atoms with Gasteiger partial charge in [0.15, 0.2) is 16.3 Å². The van der Waals surface area contributed by atoms with Crippen LogP contribution in [0.1, 0.15) is 36.7 Å². The third-order valence-corrected chi connectivity index (χ3v) is 5.94. The number of amides is 1. The van der Waals surface area contributed by atoms with E-state index in [9.17, 15) is 4.79 Å². The second kappa shape index (κ2) is 9.02. The average molecular weight is 429 g/mol. The van der Waals surface area contributed by atoms with Crippen molar-refractivity contribution in [3.8, 4) is 11.5 Å². The number of nitrogens with zero attached hydrogens (tertiary/aromatic N) is 2. The van der Waals surface area contributed by atoms with Crippen LogP contribution in [0.15, 0.2) is 41.4 Å². The summed E-state index contributed by atoms with van der Waals surface area (Å²) in [5.74, 6) is 0.998. The summed E-state index contributed by atoms with van der Waals surface area (Å²) in [5, 5.41) is 0. The van der Waals surface area contributed by atoms with E-state index >= 15 is 0 Å². The van der Waals surface area contributed by atoms with Crippen LogP contribution in [0.5, 0.6) is 11.5 Å². The van der Waals surface area contributed by atoms with E-state index in [1.54, 1.807) is 21.3 Å². The molecule has 0 N–H and O–H groups in total. The highest BCUT2D eigenvalue weighted by molar-refractivity contribution is 7.16. The average Bonchev–Trinajstić information content (AvgIpc) is 3.06. The van der Waals surface area contributed by atoms with Crippen LogP contribution in [0.25, 0.3) is 10.2 Å². The molecule has 0 spiro atoms. The highest BCUT2D eigenvalue weighted by Gasteiger charge is 2.16. The molecule has 30 heavy (non-hydrogen) atoms. The van der Waals surface area contributed by atoms with Gasteiger partial charge in [-0.1, -0.05) is 44.2 Å². The number of aromatic nitrogens is 1. The molecule has 0 radical (unpaired) electrons. The van der Waals surface area contributed by atoms with Crippen LogP contribution in [0.4, 0.5) is 0 Å². The summed E-state index contributed by atoms with van der Waals surface area (Å²) < 4.78 is 19.0. The molecule has 2 aromatic carbocycles. The Labute approximate surface area is 180 Å². The maximum atomic E-state index is 12.9. The number of carbonyl (C=O) groups excluding carboxylic acids is 1. The van der Waals surface area contributed by atoms with Crippen molar-refractivity contribution in [3.63, 3.8) is 0 Å². The molecule has 0 aliphatic carbocycles. The first-order valence-corrected chi connectivity index (χ1v) is 10.5. The van der Waals surface area contributed by atoms with Crippen LogP contribution in [0.2, 0.25) is 0 Å². The zero-order chi connectivity index (χ0) is 21.9. The van der Waals surface area contributed by atoms with Crippen LogP contribution in [0, 0.1) is 0 Å². The lowest BCUT2D eigenvalue weighted by atomic mass is 9.87. The molecule has 0 fully saturated rings. The van der Waals surface area contributed by atoms with Crippen LogP contribution in [-0.4, -0.2) is 38.4 Å². The SMILES string of the molecule is COCCn1c(=NC(=O)c2ccc(C(C)(C)C)cc2)sc2cc(OC)c(OC)cc21. The van der Waals surface area contributed by atoms with Gasteiger partial charge in [0.05, 0.1) is 31.0 Å². The second-order valence-corrected chi connectivity index (χ2v) is 8.96. The maximum absolute atomic E-state index is 12.9. The van der Waals surface area contributed by atoms with Crippen molar-refractivity contribution in [1.82, 2.24) is 4.57 Å². The minimum Gasteiger partial charge on any atom is -0.493 e. The number of thiazole rings is 1. The molecule has 6 nitrogen and oxygen atoms in total. The number of ether oxygens (including phenoxy) is 3. The summed E-state index contributed by atoms with van der Waals surface area (Å²) in [6, 6.07) is 11.5. The fourth-order valence-corrected chi connectivity index (χ4v) is 4.21. The van der Waals surface area contributed by atoms with Crippen LogP contribution in [-0.2, 0) is 16.7 Å². The Balaban J connectivity index is 2.08. The summed E-state index contributed by atoms with van der Waals surface area (Å²) in [4.78, 5) is 17.9. The minimum atomic E-state index is -0.271. The van der Waals surface area contributed by atoms with Gasteiger partial charge in [-0.25, -0.2) is 0 Å². The first kappa shape index (κ1) is 22.1. The Bertz CT molecular complexity index is 1110. The van der Waals surface area contributed by atoms with Gasteiger partial charge in [0.1, 0.15) is 0 Å². The second-order valence-electron chi connectivity index (χ2n) is 7.95. The normalized spacial score (nSPS) is 12.4. The fraction of sp³-hybridized carbons (Fsp3) is 0.391. The summed E-state index contributed by atoms with van der Waals surface area (Å²) in [6.07, 6.45) is 0. The highest BCUT2D eigenvalue weighted by atomic mass is 32.1. The minimum absolute atomic E-state index is 0.0332. The molecule has 1 heterocycles. The van der Waals surface area contributed by atoms with Gasteiger partial charge in [-0.3, -0.25) is 4.79 Å². The maximum Gasteiger partial charge on any atom is 0.279 e. The zero-order valence-corrected chi connectivity index (χ0v) is 19.1. The summed E-state index contributed by atoms with van der Waals surface area (Å²) in [7, 11) is 4.86. The molecule has 1 aromatic heterocycles. The van der Waals surface area contributed by atoms with E-state index in [4.69, 9.17) is 14.2 Å². The van der Waals surface area contributed by atoms with Crippen molar-refractivity contribution in [2.45, 2.75) is 32.7 Å². The molecular weight excluding hydrogens is 400 g/mol. The molecule has 0 saturated carbocycles. The Hall–Kier alpha value is -2.64. The van der Waals surface area contributed by atoms with Crippen molar-refractivity contribution < 1.29 is 19.0 Å². The highest BCUT2D eigenvalue weighted by Crippen LogP contribution is 2.33. The number of hydrogen-bond donors (Lipinski definition) is 0. The van der Waals surface area contributed by atoms with Crippen LogP contribution in [0.3, 0.4) is 0 Å². The molecule has 0 aliphatic rings. The molecule has 0 atom stereocenters. The number of methoxy groups -OCH3 is 3. The Morgan fingerprint density at radius 2 is 1.67 bits per heavy atom. The van der Waals surface area contributed by atoms with Crippen molar-refractivity contribution in [2.24, 2.45) is 4.99 Å². The van der Waals surface area contributed by atoms with Crippen molar-refractivity contribution in [1.29, 1.82) is 0 Å². The van der Waals surface area contributed by atoms with Gasteiger partial charge in [0.2, 0.25) is 0 Å². The predicted molar refractivity (Wildman–Crippen MR) is 120 cm³/mol. The number of carbonyl (C=O) groups is 1. The number of hydrogen-bond acceptors (Lipinski definition) is 5. The predicted octanol–water partition coefficient (Wildman–Crippen LogP) is 4.41. The Morgan fingerprint density at radius 1 is 1.03 bits per heavy atom. The molecule has 160 valence electrons. The smallest absolute Gasteiger partial charge is 0.279 e. The summed E-state index contributed by atoms with van der Waals surface area (Å²) >= 11 is 1.44. The van der Waals surface area contributed by atoms with E-state index in [2.05, 4.69) is 25.8 Å². The van der Waals surface area contributed by atoms with Crippen molar-refractivity contribution in [2.75, 3.05) is 27.9 Å². The van der Waals surface area contributed by atoms with Gasteiger partial charge in [0.25, 0.3) is 5.91 Å². The zero-order valence-electron chi connectivity index (χ0n) is 18.3. The van der Waals surface area contributed by atoms with E-state index in [1.807, 2.05) is 41.0 Å². The summed E-state index contributed by atoms with van der Waals surface area (Å²) in [6.45, 7) is 7.51. The Morgan fingerprint density at radius 3 is 2.23 bits per heavy atom. The molecule has 7 heteroatoms. The van der Waals surface area contributed by atoms with Crippen molar-refractivity contribution >= 4 is 27.5 Å². The lowest BCUT2D eigenvalue weighted by molar-refractivity contribution is 0.0997. The first-order chi connectivity index (χ1) is 14.3. The van der Waals surface area contributed by atoms with Gasteiger partial charge in [-0.2, -0.15) is 4.99 Å². The number of benzene rings is 2. The third kappa shape index (κ3) is 4.57. The Kier molecular flexibility index (Phi) is 6.63. The van der Waals surface area contributed by atoms with Gasteiger partial charge < -0.3 is 18.8 Å². The van der Waals surface area contributed by atoms with E-state index < -0.39 is 0 Å². The van der Waals surface area contributed by atoms with Gasteiger partial charge >= 0.3 is 0 Å². The fourth-order valence-electron chi connectivity index (χ4n) is 3.14. The molecule has 0 saturated heterocycles. The molecule has 0 bridgehead atoms. The molecule has 1 amide bonds. The molecule has 0 aliphatic heterocycles. The standard InChI is InChI=1S/C23H28N2O4S/c1-23(2,3)16-9-7-15(8-10-16)21(26)24-22-25(11-12-27-4)17-13-18(28-5)19(29-6)14-20(17)30-22/h7-10,13-14H,11-12H2,1-6H3.